The zero-order valence-electron chi connectivity index (χ0n) is 11.3. The highest BCUT2D eigenvalue weighted by molar-refractivity contribution is 5.43. The summed E-state index contributed by atoms with van der Waals surface area (Å²) in [7, 11) is 0. The number of fused-ring (bicyclic) bond motifs is 1. The van der Waals surface area contributed by atoms with Crippen molar-refractivity contribution in [3.05, 3.63) is 24.1 Å². The highest BCUT2D eigenvalue weighted by Crippen LogP contribution is 2.29. The summed E-state index contributed by atoms with van der Waals surface area (Å²) in [5.74, 6) is 1.00. The van der Waals surface area contributed by atoms with Crippen LogP contribution in [0.3, 0.4) is 0 Å². The third kappa shape index (κ3) is 2.75. The van der Waals surface area contributed by atoms with Crippen LogP contribution in [0.4, 0.5) is 10.3 Å². The van der Waals surface area contributed by atoms with Gasteiger partial charge in [-0.15, -0.1) is 5.10 Å². The molecule has 2 unspecified atom stereocenters. The van der Waals surface area contributed by atoms with Gasteiger partial charge in [-0.1, -0.05) is 12.8 Å². The molecule has 0 aromatic carbocycles. The average Bonchev–Trinajstić information content (AvgIpc) is 2.87. The van der Waals surface area contributed by atoms with E-state index in [2.05, 4.69) is 15.4 Å². The standard InChI is InChI=1S/C14H19FN4O/c15-12-5-6-13-17-14(18-19(13)8-12)16-7-10-3-1-2-4-11(10)9-20/h5-6,8,10-11,20H,1-4,7,9H2,(H,16,18). The molecule has 2 aromatic rings. The van der Waals surface area contributed by atoms with E-state index in [0.717, 1.165) is 19.4 Å². The lowest BCUT2D eigenvalue weighted by atomic mass is 9.80. The van der Waals surface area contributed by atoms with E-state index in [0.29, 0.717) is 23.4 Å². The number of hydrogen-bond acceptors (Lipinski definition) is 4. The van der Waals surface area contributed by atoms with Crippen LogP contribution in [-0.2, 0) is 0 Å². The van der Waals surface area contributed by atoms with Crippen molar-refractivity contribution in [1.82, 2.24) is 14.6 Å². The van der Waals surface area contributed by atoms with E-state index in [1.807, 2.05) is 0 Å². The molecule has 3 rings (SSSR count). The van der Waals surface area contributed by atoms with Crippen molar-refractivity contribution >= 4 is 11.6 Å². The van der Waals surface area contributed by atoms with Crippen LogP contribution in [0.2, 0.25) is 0 Å². The Balaban J connectivity index is 1.67. The third-order valence-corrected chi connectivity index (χ3v) is 4.12. The van der Waals surface area contributed by atoms with Crippen LogP contribution in [-0.4, -0.2) is 32.9 Å². The smallest absolute Gasteiger partial charge is 0.243 e. The van der Waals surface area contributed by atoms with Crippen LogP contribution in [0.1, 0.15) is 25.7 Å². The summed E-state index contributed by atoms with van der Waals surface area (Å²) in [6.07, 6.45) is 5.94. The molecule has 20 heavy (non-hydrogen) atoms. The predicted molar refractivity (Wildman–Crippen MR) is 74.0 cm³/mol. The number of nitrogens with one attached hydrogen (secondary N) is 1. The minimum absolute atomic E-state index is 0.246. The molecular weight excluding hydrogens is 259 g/mol. The number of aliphatic hydroxyl groups is 1. The van der Waals surface area contributed by atoms with Gasteiger partial charge in [0.2, 0.25) is 5.95 Å². The van der Waals surface area contributed by atoms with Gasteiger partial charge in [0, 0.05) is 13.2 Å². The fourth-order valence-corrected chi connectivity index (χ4v) is 2.95. The van der Waals surface area contributed by atoms with Gasteiger partial charge in [0.25, 0.3) is 0 Å². The van der Waals surface area contributed by atoms with Gasteiger partial charge in [-0.25, -0.2) is 8.91 Å². The number of hydrogen-bond donors (Lipinski definition) is 2. The summed E-state index contributed by atoms with van der Waals surface area (Å²) in [6, 6.07) is 2.97. The molecule has 0 saturated heterocycles. The fraction of sp³-hybridized carbons (Fsp3) is 0.571. The minimum atomic E-state index is -0.332. The van der Waals surface area contributed by atoms with Gasteiger partial charge in [-0.3, -0.25) is 0 Å². The zero-order chi connectivity index (χ0) is 13.9. The molecule has 2 heterocycles. The monoisotopic (exact) mass is 278 g/mol. The summed E-state index contributed by atoms with van der Waals surface area (Å²) in [4.78, 5) is 4.30. The molecular formula is C14H19FN4O. The molecule has 1 saturated carbocycles. The normalized spacial score (nSPS) is 23.1. The Kier molecular flexibility index (Phi) is 3.82. The maximum absolute atomic E-state index is 13.1. The SMILES string of the molecule is OCC1CCCCC1CNc1nc2ccc(F)cn2n1. The second-order valence-corrected chi connectivity index (χ2v) is 5.45. The fourth-order valence-electron chi connectivity index (χ4n) is 2.95. The van der Waals surface area contributed by atoms with Crippen LogP contribution in [0.15, 0.2) is 18.3 Å². The molecule has 5 nitrogen and oxygen atoms in total. The Labute approximate surface area is 116 Å². The highest BCUT2D eigenvalue weighted by atomic mass is 19.1. The van der Waals surface area contributed by atoms with Crippen molar-refractivity contribution in [2.75, 3.05) is 18.5 Å². The molecule has 0 spiro atoms. The highest BCUT2D eigenvalue weighted by Gasteiger charge is 2.24. The molecule has 2 aromatic heterocycles. The first-order valence-corrected chi connectivity index (χ1v) is 7.13. The van der Waals surface area contributed by atoms with Gasteiger partial charge in [-0.05, 0) is 36.8 Å². The van der Waals surface area contributed by atoms with E-state index in [-0.39, 0.29) is 12.4 Å². The van der Waals surface area contributed by atoms with Crippen molar-refractivity contribution in [3.63, 3.8) is 0 Å². The van der Waals surface area contributed by atoms with Gasteiger partial charge in [-0.2, -0.15) is 4.98 Å². The predicted octanol–water partition coefficient (Wildman–Crippen LogP) is 2.08. The maximum atomic E-state index is 13.1. The van der Waals surface area contributed by atoms with Crippen LogP contribution in [0.5, 0.6) is 0 Å². The molecule has 0 amide bonds. The zero-order valence-corrected chi connectivity index (χ0v) is 11.3. The van der Waals surface area contributed by atoms with Gasteiger partial charge in [0.05, 0.1) is 6.20 Å². The summed E-state index contributed by atoms with van der Waals surface area (Å²) < 4.78 is 14.5. The molecule has 108 valence electrons. The van der Waals surface area contributed by atoms with E-state index in [1.165, 1.54) is 29.6 Å². The quantitative estimate of drug-likeness (QED) is 0.899. The molecule has 0 radical (unpaired) electrons. The van der Waals surface area contributed by atoms with Crippen molar-refractivity contribution < 1.29 is 9.50 Å². The summed E-state index contributed by atoms with van der Waals surface area (Å²) in [5.41, 5.74) is 0.622. The van der Waals surface area contributed by atoms with Gasteiger partial charge < -0.3 is 10.4 Å². The topological polar surface area (TPSA) is 62.5 Å². The lowest BCUT2D eigenvalue weighted by molar-refractivity contribution is 0.141. The van der Waals surface area contributed by atoms with Crippen LogP contribution < -0.4 is 5.32 Å². The Morgan fingerprint density at radius 2 is 2.10 bits per heavy atom. The molecule has 1 aliphatic carbocycles. The Hall–Kier alpha value is -1.69. The number of halogens is 1. The molecule has 2 atom stereocenters. The maximum Gasteiger partial charge on any atom is 0.243 e. The van der Waals surface area contributed by atoms with E-state index < -0.39 is 0 Å². The first-order valence-electron chi connectivity index (χ1n) is 7.13. The number of rotatable bonds is 4. The number of aromatic nitrogens is 3. The van der Waals surface area contributed by atoms with Crippen molar-refractivity contribution in [2.24, 2.45) is 11.8 Å². The van der Waals surface area contributed by atoms with Crippen LogP contribution in [0, 0.1) is 17.7 Å². The molecule has 1 fully saturated rings. The van der Waals surface area contributed by atoms with Gasteiger partial charge in [0.15, 0.2) is 5.65 Å². The lowest BCUT2D eigenvalue weighted by Crippen LogP contribution is -2.28. The number of nitrogens with zero attached hydrogens (tertiary/aromatic N) is 3. The Bertz CT molecular complexity index is 586. The Morgan fingerprint density at radius 1 is 1.30 bits per heavy atom. The third-order valence-electron chi connectivity index (χ3n) is 4.12. The van der Waals surface area contributed by atoms with Crippen molar-refractivity contribution in [2.45, 2.75) is 25.7 Å². The molecule has 2 N–H and O–H groups in total. The summed E-state index contributed by atoms with van der Waals surface area (Å²) in [6.45, 7) is 1.00. The Morgan fingerprint density at radius 3 is 2.90 bits per heavy atom. The summed E-state index contributed by atoms with van der Waals surface area (Å²) in [5, 5.41) is 16.8. The molecule has 1 aliphatic rings. The van der Waals surface area contributed by atoms with Gasteiger partial charge in [0.1, 0.15) is 5.82 Å². The van der Waals surface area contributed by atoms with E-state index >= 15 is 0 Å². The first-order chi connectivity index (χ1) is 9.76. The van der Waals surface area contributed by atoms with Gasteiger partial charge >= 0.3 is 0 Å². The van der Waals surface area contributed by atoms with Crippen molar-refractivity contribution in [1.29, 1.82) is 0 Å². The number of aliphatic hydroxyl groups excluding tert-OH is 1. The minimum Gasteiger partial charge on any atom is -0.396 e. The lowest BCUT2D eigenvalue weighted by Gasteiger charge is -2.30. The molecule has 0 aliphatic heterocycles. The van der Waals surface area contributed by atoms with E-state index in [4.69, 9.17) is 0 Å². The number of anilines is 1. The number of pyridine rings is 1. The van der Waals surface area contributed by atoms with E-state index in [9.17, 15) is 9.50 Å². The first kappa shape index (κ1) is 13.3. The second-order valence-electron chi connectivity index (χ2n) is 5.45. The summed E-state index contributed by atoms with van der Waals surface area (Å²) >= 11 is 0. The van der Waals surface area contributed by atoms with Crippen LogP contribution in [0.25, 0.3) is 5.65 Å². The molecule has 6 heteroatoms. The average molecular weight is 278 g/mol. The van der Waals surface area contributed by atoms with E-state index in [1.54, 1.807) is 6.07 Å². The van der Waals surface area contributed by atoms with Crippen LogP contribution >= 0.6 is 0 Å². The largest absolute Gasteiger partial charge is 0.396 e. The van der Waals surface area contributed by atoms with Crippen molar-refractivity contribution in [3.8, 4) is 0 Å². The molecule has 0 bridgehead atoms. The second kappa shape index (κ2) is 5.75.